The topological polar surface area (TPSA) is 69.4 Å². The molecular formula is C19H22BrNO3S. The Morgan fingerprint density at radius 3 is 2.28 bits per heavy atom. The van der Waals surface area contributed by atoms with Crippen LogP contribution >= 0.6 is 15.9 Å². The molecule has 3 atom stereocenters. The summed E-state index contributed by atoms with van der Waals surface area (Å²) in [5, 5.41) is -0.685. The third-order valence-electron chi connectivity index (χ3n) is 4.77. The number of aryl methyl sites for hydroxylation is 1. The van der Waals surface area contributed by atoms with Gasteiger partial charge in [-0.1, -0.05) is 45.8 Å². The first-order chi connectivity index (χ1) is 11.8. The minimum atomic E-state index is -3.54. The number of ether oxygens (including phenoxy) is 1. The molecule has 1 aliphatic carbocycles. The predicted octanol–water partition coefficient (Wildman–Crippen LogP) is 3.43. The highest BCUT2D eigenvalue weighted by Crippen LogP contribution is 2.55. The van der Waals surface area contributed by atoms with Crippen LogP contribution in [0.2, 0.25) is 0 Å². The molecule has 2 aromatic rings. The third-order valence-corrected chi connectivity index (χ3v) is 7.61. The summed E-state index contributed by atoms with van der Waals surface area (Å²) >= 11 is 3.41. The quantitative estimate of drug-likeness (QED) is 0.772. The summed E-state index contributed by atoms with van der Waals surface area (Å²) in [5.74, 6) is -0.279. The van der Waals surface area contributed by atoms with Crippen LogP contribution in [0, 0.1) is 6.92 Å². The molecule has 2 N–H and O–H groups in total. The van der Waals surface area contributed by atoms with E-state index < -0.39 is 20.6 Å². The van der Waals surface area contributed by atoms with Gasteiger partial charge in [0, 0.05) is 17.0 Å². The van der Waals surface area contributed by atoms with E-state index in [1.165, 1.54) is 0 Å². The second kappa shape index (κ2) is 6.83. The van der Waals surface area contributed by atoms with E-state index in [0.717, 1.165) is 15.6 Å². The lowest BCUT2D eigenvalue weighted by atomic mass is 10.1. The number of sulfone groups is 1. The summed E-state index contributed by atoms with van der Waals surface area (Å²) in [6.45, 7) is 4.54. The summed E-state index contributed by atoms with van der Waals surface area (Å²) in [4.78, 5) is 0.314. The number of halogens is 1. The molecule has 0 saturated heterocycles. The molecule has 0 bridgehead atoms. The average Bonchev–Trinajstić information content (AvgIpc) is 3.21. The first kappa shape index (κ1) is 18.6. The van der Waals surface area contributed by atoms with Gasteiger partial charge >= 0.3 is 0 Å². The molecule has 1 aliphatic rings. The highest BCUT2D eigenvalue weighted by atomic mass is 79.9. The first-order valence-corrected chi connectivity index (χ1v) is 10.6. The van der Waals surface area contributed by atoms with Crippen molar-refractivity contribution in [2.24, 2.45) is 5.73 Å². The average molecular weight is 424 g/mol. The van der Waals surface area contributed by atoms with Gasteiger partial charge in [0.2, 0.25) is 0 Å². The van der Waals surface area contributed by atoms with E-state index in [0.29, 0.717) is 11.5 Å². The Kier molecular flexibility index (Phi) is 5.08. The van der Waals surface area contributed by atoms with Crippen molar-refractivity contribution in [3.8, 4) is 0 Å². The van der Waals surface area contributed by atoms with E-state index in [4.69, 9.17) is 10.5 Å². The van der Waals surface area contributed by atoms with Crippen molar-refractivity contribution in [2.45, 2.75) is 35.4 Å². The van der Waals surface area contributed by atoms with Crippen LogP contribution in [0.15, 0.2) is 57.9 Å². The maximum absolute atomic E-state index is 13.2. The van der Waals surface area contributed by atoms with Gasteiger partial charge in [-0.3, -0.25) is 0 Å². The van der Waals surface area contributed by atoms with Gasteiger partial charge in [-0.05, 0) is 43.7 Å². The van der Waals surface area contributed by atoms with Gasteiger partial charge in [-0.25, -0.2) is 8.42 Å². The Balaban J connectivity index is 1.99. The minimum absolute atomic E-state index is 0.222. The van der Waals surface area contributed by atoms with E-state index in [-0.39, 0.29) is 12.5 Å². The van der Waals surface area contributed by atoms with Crippen molar-refractivity contribution in [1.29, 1.82) is 0 Å². The molecule has 0 heterocycles. The number of nitrogens with two attached hydrogens (primary N) is 1. The molecule has 134 valence electrons. The normalized spacial score (nSPS) is 25.8. The molecule has 0 spiro atoms. The smallest absolute Gasteiger partial charge is 0.183 e. The molecule has 0 amide bonds. The lowest BCUT2D eigenvalue weighted by Crippen LogP contribution is -2.36. The van der Waals surface area contributed by atoms with Crippen LogP contribution < -0.4 is 5.73 Å². The molecule has 1 saturated carbocycles. The van der Waals surface area contributed by atoms with Crippen LogP contribution in [0.25, 0.3) is 0 Å². The maximum atomic E-state index is 13.2. The predicted molar refractivity (Wildman–Crippen MR) is 102 cm³/mol. The van der Waals surface area contributed by atoms with Gasteiger partial charge in [0.15, 0.2) is 9.84 Å². The van der Waals surface area contributed by atoms with Crippen molar-refractivity contribution in [3.63, 3.8) is 0 Å². The molecule has 0 aliphatic heterocycles. The Hall–Kier alpha value is -1.21. The molecule has 6 heteroatoms. The molecule has 4 nitrogen and oxygen atoms in total. The zero-order valence-electron chi connectivity index (χ0n) is 14.3. The Morgan fingerprint density at radius 1 is 1.12 bits per heavy atom. The second-order valence-corrected chi connectivity index (χ2v) is 9.54. The highest BCUT2D eigenvalue weighted by Gasteiger charge is 2.69. The van der Waals surface area contributed by atoms with Crippen molar-refractivity contribution in [1.82, 2.24) is 0 Å². The summed E-state index contributed by atoms with van der Waals surface area (Å²) in [5.41, 5.74) is 7.56. The van der Waals surface area contributed by atoms with Gasteiger partial charge in [0.25, 0.3) is 0 Å². The fraction of sp³-hybridized carbons (Fsp3) is 0.368. The largest absolute Gasteiger partial charge is 0.380 e. The Bertz CT molecular complexity index is 849. The van der Waals surface area contributed by atoms with Crippen LogP contribution in [0.4, 0.5) is 0 Å². The van der Waals surface area contributed by atoms with Crippen molar-refractivity contribution in [2.75, 3.05) is 13.2 Å². The SMILES string of the molecule is CCOC[C@]1(N)[C@H](c2ccc(Br)cc2)[C@@H]1S(=O)(=O)c1ccc(C)cc1. The van der Waals surface area contributed by atoms with Crippen molar-refractivity contribution in [3.05, 3.63) is 64.1 Å². The van der Waals surface area contributed by atoms with Crippen LogP contribution in [-0.2, 0) is 14.6 Å². The van der Waals surface area contributed by atoms with Crippen LogP contribution in [0.3, 0.4) is 0 Å². The monoisotopic (exact) mass is 423 g/mol. The number of hydrogen-bond donors (Lipinski definition) is 1. The molecule has 25 heavy (non-hydrogen) atoms. The summed E-state index contributed by atoms with van der Waals surface area (Å²) in [7, 11) is -3.54. The summed E-state index contributed by atoms with van der Waals surface area (Å²) in [6.07, 6.45) is 0. The first-order valence-electron chi connectivity index (χ1n) is 8.23. The molecule has 3 rings (SSSR count). The lowest BCUT2D eigenvalue weighted by Gasteiger charge is -2.12. The van der Waals surface area contributed by atoms with E-state index in [1.54, 1.807) is 12.1 Å². The molecule has 0 radical (unpaired) electrons. The summed E-state index contributed by atoms with van der Waals surface area (Å²) < 4.78 is 32.8. The fourth-order valence-corrected chi connectivity index (χ4v) is 5.93. The standard InChI is InChI=1S/C19H22BrNO3S/c1-3-24-12-19(21)17(14-6-8-15(20)9-7-14)18(19)25(22,23)16-10-4-13(2)5-11-16/h4-11,17-18H,3,12,21H2,1-2H3/t17-,18+,19+/m1/s1. The van der Waals surface area contributed by atoms with Crippen LogP contribution in [-0.4, -0.2) is 32.4 Å². The molecule has 1 fully saturated rings. The third kappa shape index (κ3) is 3.40. The molecular weight excluding hydrogens is 402 g/mol. The Morgan fingerprint density at radius 2 is 1.72 bits per heavy atom. The van der Waals surface area contributed by atoms with Crippen molar-refractivity contribution < 1.29 is 13.2 Å². The van der Waals surface area contributed by atoms with E-state index >= 15 is 0 Å². The fourth-order valence-electron chi connectivity index (χ4n) is 3.37. The zero-order valence-corrected chi connectivity index (χ0v) is 16.7. The minimum Gasteiger partial charge on any atom is -0.380 e. The van der Waals surface area contributed by atoms with E-state index in [1.807, 2.05) is 50.2 Å². The van der Waals surface area contributed by atoms with Gasteiger partial charge in [-0.2, -0.15) is 0 Å². The Labute approximate surface area is 157 Å². The highest BCUT2D eigenvalue weighted by molar-refractivity contribution is 9.10. The number of hydrogen-bond acceptors (Lipinski definition) is 4. The molecule has 0 aromatic heterocycles. The summed E-state index contributed by atoms with van der Waals surface area (Å²) in [6, 6.07) is 14.6. The number of rotatable bonds is 6. The molecule has 0 unspecified atom stereocenters. The van der Waals surface area contributed by atoms with E-state index in [2.05, 4.69) is 15.9 Å². The van der Waals surface area contributed by atoms with E-state index in [9.17, 15) is 8.42 Å². The van der Waals surface area contributed by atoms with Crippen LogP contribution in [0.1, 0.15) is 24.0 Å². The second-order valence-electron chi connectivity index (χ2n) is 6.56. The van der Waals surface area contributed by atoms with Gasteiger partial charge < -0.3 is 10.5 Å². The van der Waals surface area contributed by atoms with Crippen LogP contribution in [0.5, 0.6) is 0 Å². The molecule has 2 aromatic carbocycles. The van der Waals surface area contributed by atoms with Crippen molar-refractivity contribution >= 4 is 25.8 Å². The van der Waals surface area contributed by atoms with Gasteiger partial charge in [-0.15, -0.1) is 0 Å². The maximum Gasteiger partial charge on any atom is 0.183 e. The zero-order chi connectivity index (χ0) is 18.2. The van der Waals surface area contributed by atoms with Gasteiger partial charge in [0.1, 0.15) is 0 Å². The van der Waals surface area contributed by atoms with Gasteiger partial charge in [0.05, 0.1) is 22.3 Å². The number of benzene rings is 2. The lowest BCUT2D eigenvalue weighted by molar-refractivity contribution is 0.125.